The summed E-state index contributed by atoms with van der Waals surface area (Å²) in [6.07, 6.45) is 6.36. The van der Waals surface area contributed by atoms with E-state index in [1.54, 1.807) is 11.8 Å². The Hall–Kier alpha value is -1.95. The highest BCUT2D eigenvalue weighted by atomic mass is 32.2. The first kappa shape index (κ1) is 21.4. The predicted molar refractivity (Wildman–Crippen MR) is 109 cm³/mol. The van der Waals surface area contributed by atoms with Crippen molar-refractivity contribution in [2.45, 2.75) is 51.0 Å². The lowest BCUT2D eigenvalue weighted by atomic mass is 9.98. The lowest BCUT2D eigenvalue weighted by Gasteiger charge is -2.35. The fourth-order valence-electron chi connectivity index (χ4n) is 3.28. The number of carbonyl (C=O) groups excluding carboxylic acids is 1. The van der Waals surface area contributed by atoms with Crippen LogP contribution in [0.1, 0.15) is 44.1 Å². The molecule has 6 heteroatoms. The molecule has 1 atom stereocenters. The largest absolute Gasteiger partial charge is 0.512 e. The van der Waals surface area contributed by atoms with Gasteiger partial charge in [0.25, 0.3) is 0 Å². The van der Waals surface area contributed by atoms with E-state index in [1.807, 2.05) is 41.3 Å². The van der Waals surface area contributed by atoms with Gasteiger partial charge in [0, 0.05) is 37.6 Å². The second-order valence-corrected chi connectivity index (χ2v) is 8.06. The lowest BCUT2D eigenvalue weighted by Crippen LogP contribution is -2.44. The first-order chi connectivity index (χ1) is 13.1. The van der Waals surface area contributed by atoms with Crippen LogP contribution in [0.4, 0.5) is 0 Å². The fraction of sp³-hybridized carbons (Fsp3) is 0.524. The molecule has 0 aliphatic carbocycles. The topological polar surface area (TPSA) is 77.8 Å². The number of aliphatic hydroxyl groups excluding tert-OH is 1. The van der Waals surface area contributed by atoms with Gasteiger partial charge in [0.15, 0.2) is 0 Å². The summed E-state index contributed by atoms with van der Waals surface area (Å²) in [5.41, 5.74) is 1.07. The van der Waals surface area contributed by atoms with Crippen molar-refractivity contribution >= 4 is 23.6 Å². The Morgan fingerprint density at radius 3 is 2.74 bits per heavy atom. The molecule has 1 heterocycles. The molecule has 1 aliphatic rings. The molecule has 0 spiro atoms. The van der Waals surface area contributed by atoms with E-state index in [-0.39, 0.29) is 18.4 Å². The smallest absolute Gasteiger partial charge is 0.303 e. The summed E-state index contributed by atoms with van der Waals surface area (Å²) in [5, 5.41) is 18.9. The number of likely N-dealkylation sites (tertiary alicyclic amines) is 1. The number of hydrogen-bond acceptors (Lipinski definition) is 4. The van der Waals surface area contributed by atoms with Gasteiger partial charge in [-0.25, -0.2) is 0 Å². The predicted octanol–water partition coefficient (Wildman–Crippen LogP) is 4.04. The molecule has 0 bridgehead atoms. The molecule has 1 saturated heterocycles. The average Bonchev–Trinajstić information content (AvgIpc) is 2.65. The van der Waals surface area contributed by atoms with E-state index in [0.29, 0.717) is 38.0 Å². The van der Waals surface area contributed by atoms with E-state index >= 15 is 0 Å². The van der Waals surface area contributed by atoms with Crippen molar-refractivity contribution < 1.29 is 19.8 Å². The van der Waals surface area contributed by atoms with Crippen LogP contribution in [-0.4, -0.2) is 51.1 Å². The van der Waals surface area contributed by atoms with Crippen LogP contribution in [0.2, 0.25) is 0 Å². The zero-order valence-corrected chi connectivity index (χ0v) is 16.5. The number of nitrogens with zero attached hydrogens (tertiary/aromatic N) is 1. The first-order valence-corrected chi connectivity index (χ1v) is 10.7. The van der Waals surface area contributed by atoms with Gasteiger partial charge in [0.05, 0.1) is 5.76 Å². The highest BCUT2D eigenvalue weighted by Crippen LogP contribution is 2.22. The van der Waals surface area contributed by atoms with Crippen LogP contribution in [0.25, 0.3) is 0 Å². The van der Waals surface area contributed by atoms with E-state index in [0.717, 1.165) is 29.9 Å². The highest BCUT2D eigenvalue weighted by Gasteiger charge is 2.26. The van der Waals surface area contributed by atoms with Crippen molar-refractivity contribution in [1.29, 1.82) is 0 Å². The Morgan fingerprint density at radius 2 is 2.00 bits per heavy atom. The third kappa shape index (κ3) is 8.08. The van der Waals surface area contributed by atoms with E-state index in [2.05, 4.69) is 0 Å². The third-order valence-corrected chi connectivity index (χ3v) is 5.75. The number of benzene rings is 1. The van der Waals surface area contributed by atoms with Gasteiger partial charge in [-0.1, -0.05) is 30.3 Å². The fourth-order valence-corrected chi connectivity index (χ4v) is 4.16. The van der Waals surface area contributed by atoms with Crippen LogP contribution in [0.15, 0.2) is 42.2 Å². The number of carboxylic acid groups (broad SMARTS) is 1. The number of allylic oxidation sites excluding steroid dienone is 1. The van der Waals surface area contributed by atoms with Crippen molar-refractivity contribution in [3.63, 3.8) is 0 Å². The van der Waals surface area contributed by atoms with Gasteiger partial charge >= 0.3 is 5.97 Å². The molecule has 2 rings (SSSR count). The molecule has 0 radical (unpaired) electrons. The van der Waals surface area contributed by atoms with Crippen LogP contribution < -0.4 is 0 Å². The highest BCUT2D eigenvalue weighted by molar-refractivity contribution is 7.99. The quantitative estimate of drug-likeness (QED) is 0.440. The maximum Gasteiger partial charge on any atom is 0.303 e. The molecule has 2 N–H and O–H groups in total. The Labute approximate surface area is 165 Å². The molecule has 1 aromatic rings. The number of carbonyl (C=O) groups is 2. The zero-order chi connectivity index (χ0) is 19.5. The van der Waals surface area contributed by atoms with Crippen molar-refractivity contribution in [2.75, 3.05) is 18.1 Å². The standard InChI is InChI=1S/C21H29NO4S/c23-19(16-17-6-2-1-3-7-17)12-11-18-8-4-9-20(24)22(18)13-15-27-14-5-10-21(25)26/h1-3,6-7,12,18,23H,4-5,8-11,13-16H2,(H,25,26)/b19-12-/t18-/m1/s1. The van der Waals surface area contributed by atoms with Crippen LogP contribution >= 0.6 is 11.8 Å². The van der Waals surface area contributed by atoms with Gasteiger partial charge in [0.2, 0.25) is 5.91 Å². The molecular weight excluding hydrogens is 362 g/mol. The first-order valence-electron chi connectivity index (χ1n) is 9.57. The Bertz CT molecular complexity index is 632. The summed E-state index contributed by atoms with van der Waals surface area (Å²) in [4.78, 5) is 24.8. The number of hydrogen-bond donors (Lipinski definition) is 2. The number of amides is 1. The summed E-state index contributed by atoms with van der Waals surface area (Å²) in [5.74, 6) is 1.40. The van der Waals surface area contributed by atoms with Gasteiger partial charge in [-0.15, -0.1) is 0 Å². The van der Waals surface area contributed by atoms with E-state index in [1.165, 1.54) is 0 Å². The maximum atomic E-state index is 12.3. The second kappa shape index (κ2) is 11.7. The molecule has 0 saturated carbocycles. The SMILES string of the molecule is O=C(O)CCCSCCN1C(=O)CCC[C@@H]1C/C=C(\O)Cc1ccccc1. The van der Waals surface area contributed by atoms with Crippen molar-refractivity contribution in [3.05, 3.63) is 47.7 Å². The minimum atomic E-state index is -0.760. The number of rotatable bonds is 11. The molecule has 1 amide bonds. The summed E-state index contributed by atoms with van der Waals surface area (Å²) in [6.45, 7) is 0.689. The Kier molecular flexibility index (Phi) is 9.25. The summed E-state index contributed by atoms with van der Waals surface area (Å²) < 4.78 is 0. The van der Waals surface area contributed by atoms with Crippen LogP contribution in [0.3, 0.4) is 0 Å². The number of aliphatic hydroxyl groups is 1. The van der Waals surface area contributed by atoms with Gasteiger partial charge in [0.1, 0.15) is 0 Å². The molecule has 27 heavy (non-hydrogen) atoms. The van der Waals surface area contributed by atoms with Gasteiger partial charge in [-0.2, -0.15) is 11.8 Å². The molecule has 148 valence electrons. The molecule has 1 aromatic carbocycles. The molecule has 1 fully saturated rings. The Balaban J connectivity index is 1.79. The average molecular weight is 392 g/mol. The second-order valence-electron chi connectivity index (χ2n) is 6.84. The van der Waals surface area contributed by atoms with E-state index in [4.69, 9.17) is 5.11 Å². The van der Waals surface area contributed by atoms with E-state index in [9.17, 15) is 14.7 Å². The number of carboxylic acids is 1. The summed E-state index contributed by atoms with van der Waals surface area (Å²) in [7, 11) is 0. The number of piperidine rings is 1. The van der Waals surface area contributed by atoms with Crippen molar-refractivity contribution in [1.82, 2.24) is 4.90 Å². The summed E-state index contributed by atoms with van der Waals surface area (Å²) in [6, 6.07) is 9.99. The molecular formula is C21H29NO4S. The molecule has 5 nitrogen and oxygen atoms in total. The van der Waals surface area contributed by atoms with E-state index < -0.39 is 5.97 Å². The number of thioether (sulfide) groups is 1. The van der Waals surface area contributed by atoms with Crippen LogP contribution in [0, 0.1) is 0 Å². The van der Waals surface area contributed by atoms with Crippen LogP contribution in [-0.2, 0) is 16.0 Å². The third-order valence-electron chi connectivity index (χ3n) is 4.70. The van der Waals surface area contributed by atoms with Crippen LogP contribution in [0.5, 0.6) is 0 Å². The lowest BCUT2D eigenvalue weighted by molar-refractivity contribution is -0.137. The minimum Gasteiger partial charge on any atom is -0.512 e. The maximum absolute atomic E-state index is 12.3. The Morgan fingerprint density at radius 1 is 1.22 bits per heavy atom. The molecule has 0 aromatic heterocycles. The van der Waals surface area contributed by atoms with Crippen molar-refractivity contribution in [2.24, 2.45) is 0 Å². The van der Waals surface area contributed by atoms with Gasteiger partial charge in [-0.05, 0) is 43.1 Å². The molecule has 1 aliphatic heterocycles. The van der Waals surface area contributed by atoms with Crippen molar-refractivity contribution in [3.8, 4) is 0 Å². The summed E-state index contributed by atoms with van der Waals surface area (Å²) >= 11 is 1.70. The molecule has 0 unspecified atom stereocenters. The van der Waals surface area contributed by atoms with Gasteiger partial charge < -0.3 is 15.1 Å². The zero-order valence-electron chi connectivity index (χ0n) is 15.7. The number of aliphatic carboxylic acids is 1. The minimum absolute atomic E-state index is 0.142. The normalized spacial score (nSPS) is 17.9. The monoisotopic (exact) mass is 391 g/mol. The van der Waals surface area contributed by atoms with Gasteiger partial charge in [-0.3, -0.25) is 9.59 Å².